The zero-order valence-electron chi connectivity index (χ0n) is 12.0. The molecule has 0 amide bonds. The lowest BCUT2D eigenvalue weighted by Crippen LogP contribution is -2.25. The molecule has 1 fully saturated rings. The number of likely N-dealkylation sites (tertiary alicyclic amines) is 1. The Labute approximate surface area is 115 Å². The SMILES string of the molecule is CCNc1ncc(CN2CCC(C(C)(C)C)C2)s1. The second-order valence-electron chi connectivity index (χ2n) is 6.25. The van der Waals surface area contributed by atoms with E-state index in [1.54, 1.807) is 11.3 Å². The van der Waals surface area contributed by atoms with E-state index >= 15 is 0 Å². The molecular formula is C14H25N3S. The third kappa shape index (κ3) is 3.45. The minimum Gasteiger partial charge on any atom is -0.362 e. The van der Waals surface area contributed by atoms with Gasteiger partial charge in [-0.2, -0.15) is 0 Å². The molecule has 1 aromatic heterocycles. The lowest BCUT2D eigenvalue weighted by atomic mass is 9.80. The molecule has 1 N–H and O–H groups in total. The highest BCUT2D eigenvalue weighted by Crippen LogP contribution is 2.34. The third-order valence-corrected chi connectivity index (χ3v) is 4.70. The maximum absolute atomic E-state index is 4.40. The number of nitrogens with zero attached hydrogens (tertiary/aromatic N) is 2. The summed E-state index contributed by atoms with van der Waals surface area (Å²) in [6, 6.07) is 0. The van der Waals surface area contributed by atoms with Crippen molar-refractivity contribution in [2.75, 3.05) is 25.0 Å². The fourth-order valence-electron chi connectivity index (χ4n) is 2.52. The highest BCUT2D eigenvalue weighted by molar-refractivity contribution is 7.15. The van der Waals surface area contributed by atoms with Crippen LogP contribution in [-0.2, 0) is 6.54 Å². The van der Waals surface area contributed by atoms with E-state index in [4.69, 9.17) is 0 Å². The molecule has 18 heavy (non-hydrogen) atoms. The third-order valence-electron chi connectivity index (χ3n) is 3.76. The number of anilines is 1. The van der Waals surface area contributed by atoms with Crippen molar-refractivity contribution in [3.63, 3.8) is 0 Å². The van der Waals surface area contributed by atoms with Crippen molar-refractivity contribution in [2.45, 2.75) is 40.7 Å². The van der Waals surface area contributed by atoms with Gasteiger partial charge in [0.2, 0.25) is 0 Å². The van der Waals surface area contributed by atoms with Crippen molar-refractivity contribution in [1.82, 2.24) is 9.88 Å². The minimum absolute atomic E-state index is 0.442. The van der Waals surface area contributed by atoms with Gasteiger partial charge in [-0.05, 0) is 31.2 Å². The average Bonchev–Trinajstić information content (AvgIpc) is 2.88. The summed E-state index contributed by atoms with van der Waals surface area (Å²) < 4.78 is 0. The Morgan fingerprint density at radius 1 is 1.50 bits per heavy atom. The Balaban J connectivity index is 1.87. The van der Waals surface area contributed by atoms with Crippen LogP contribution in [0.1, 0.15) is 39.0 Å². The van der Waals surface area contributed by atoms with E-state index < -0.39 is 0 Å². The largest absolute Gasteiger partial charge is 0.362 e. The Kier molecular flexibility index (Phi) is 4.28. The van der Waals surface area contributed by atoms with Gasteiger partial charge < -0.3 is 5.32 Å². The summed E-state index contributed by atoms with van der Waals surface area (Å²) in [5.41, 5.74) is 0.442. The van der Waals surface area contributed by atoms with Gasteiger partial charge in [0.05, 0.1) is 0 Å². The van der Waals surface area contributed by atoms with Crippen LogP contribution in [0, 0.1) is 11.3 Å². The van der Waals surface area contributed by atoms with E-state index in [9.17, 15) is 0 Å². The van der Waals surface area contributed by atoms with Gasteiger partial charge in [-0.1, -0.05) is 20.8 Å². The first-order valence-electron chi connectivity index (χ1n) is 6.90. The number of hydrogen-bond acceptors (Lipinski definition) is 4. The van der Waals surface area contributed by atoms with Crippen LogP contribution >= 0.6 is 11.3 Å². The standard InChI is InChI=1S/C14H25N3S/c1-5-15-13-16-8-12(18-13)10-17-7-6-11(9-17)14(2,3)4/h8,11H,5-7,9-10H2,1-4H3,(H,15,16). The van der Waals surface area contributed by atoms with Crippen LogP contribution in [0.5, 0.6) is 0 Å². The number of thiazole rings is 1. The molecule has 0 spiro atoms. The van der Waals surface area contributed by atoms with Gasteiger partial charge in [-0.3, -0.25) is 4.90 Å². The zero-order chi connectivity index (χ0) is 13.2. The van der Waals surface area contributed by atoms with Gasteiger partial charge in [-0.25, -0.2) is 4.98 Å². The first-order valence-corrected chi connectivity index (χ1v) is 7.71. The summed E-state index contributed by atoms with van der Waals surface area (Å²) in [5, 5.41) is 4.33. The van der Waals surface area contributed by atoms with Crippen molar-refractivity contribution < 1.29 is 0 Å². The van der Waals surface area contributed by atoms with Crippen molar-refractivity contribution in [3.05, 3.63) is 11.1 Å². The molecule has 0 bridgehead atoms. The van der Waals surface area contributed by atoms with Gasteiger partial charge in [0.15, 0.2) is 5.13 Å². The molecule has 3 nitrogen and oxygen atoms in total. The summed E-state index contributed by atoms with van der Waals surface area (Å²) >= 11 is 1.79. The molecule has 1 saturated heterocycles. The van der Waals surface area contributed by atoms with Crippen molar-refractivity contribution in [1.29, 1.82) is 0 Å². The van der Waals surface area contributed by atoms with Crippen LogP contribution in [-0.4, -0.2) is 29.5 Å². The zero-order valence-corrected chi connectivity index (χ0v) is 12.8. The maximum Gasteiger partial charge on any atom is 0.182 e. The van der Waals surface area contributed by atoms with Crippen LogP contribution in [0.15, 0.2) is 6.20 Å². The molecule has 1 aromatic rings. The second-order valence-corrected chi connectivity index (χ2v) is 7.36. The summed E-state index contributed by atoms with van der Waals surface area (Å²) in [7, 11) is 0. The topological polar surface area (TPSA) is 28.2 Å². The van der Waals surface area contributed by atoms with E-state index in [-0.39, 0.29) is 0 Å². The molecule has 0 aromatic carbocycles. The average molecular weight is 267 g/mol. The minimum atomic E-state index is 0.442. The van der Waals surface area contributed by atoms with Gasteiger partial charge in [0, 0.05) is 30.7 Å². The van der Waals surface area contributed by atoms with Crippen LogP contribution in [0.3, 0.4) is 0 Å². The predicted molar refractivity (Wildman–Crippen MR) is 79.1 cm³/mol. The van der Waals surface area contributed by atoms with Crippen molar-refractivity contribution in [3.8, 4) is 0 Å². The number of nitrogens with one attached hydrogen (secondary N) is 1. The maximum atomic E-state index is 4.40. The predicted octanol–water partition coefficient (Wildman–Crippen LogP) is 3.44. The van der Waals surface area contributed by atoms with E-state index in [2.05, 4.69) is 42.9 Å². The van der Waals surface area contributed by atoms with Gasteiger partial charge in [0.25, 0.3) is 0 Å². The fourth-order valence-corrected chi connectivity index (χ4v) is 3.44. The molecule has 4 heteroatoms. The fraction of sp³-hybridized carbons (Fsp3) is 0.786. The summed E-state index contributed by atoms with van der Waals surface area (Å²) in [6.07, 6.45) is 3.36. The first kappa shape index (κ1) is 13.8. The van der Waals surface area contributed by atoms with Crippen molar-refractivity contribution in [2.24, 2.45) is 11.3 Å². The summed E-state index contributed by atoms with van der Waals surface area (Å²) in [6.45, 7) is 13.7. The summed E-state index contributed by atoms with van der Waals surface area (Å²) in [5.74, 6) is 0.832. The van der Waals surface area contributed by atoms with Gasteiger partial charge in [-0.15, -0.1) is 11.3 Å². The second kappa shape index (κ2) is 5.57. The van der Waals surface area contributed by atoms with Crippen molar-refractivity contribution >= 4 is 16.5 Å². The molecular weight excluding hydrogens is 242 g/mol. The number of rotatable bonds is 4. The Morgan fingerprint density at radius 2 is 2.28 bits per heavy atom. The van der Waals surface area contributed by atoms with E-state index in [0.717, 1.165) is 24.1 Å². The van der Waals surface area contributed by atoms with E-state index in [1.807, 2.05) is 6.20 Å². The molecule has 1 aliphatic rings. The highest BCUT2D eigenvalue weighted by atomic mass is 32.1. The molecule has 0 radical (unpaired) electrons. The highest BCUT2D eigenvalue weighted by Gasteiger charge is 2.31. The summed E-state index contributed by atoms with van der Waals surface area (Å²) in [4.78, 5) is 8.34. The number of aromatic nitrogens is 1. The number of hydrogen-bond donors (Lipinski definition) is 1. The van der Waals surface area contributed by atoms with Gasteiger partial charge >= 0.3 is 0 Å². The van der Waals surface area contributed by atoms with Crippen LogP contribution in [0.25, 0.3) is 0 Å². The quantitative estimate of drug-likeness (QED) is 0.905. The van der Waals surface area contributed by atoms with E-state index in [1.165, 1.54) is 24.4 Å². The Morgan fingerprint density at radius 3 is 2.89 bits per heavy atom. The van der Waals surface area contributed by atoms with E-state index in [0.29, 0.717) is 5.41 Å². The molecule has 1 aliphatic heterocycles. The molecule has 1 unspecified atom stereocenters. The van der Waals surface area contributed by atoms with Crippen LogP contribution in [0.2, 0.25) is 0 Å². The van der Waals surface area contributed by atoms with Gasteiger partial charge in [0.1, 0.15) is 0 Å². The van der Waals surface area contributed by atoms with Crippen LogP contribution < -0.4 is 5.32 Å². The normalized spacial score (nSPS) is 21.4. The first-order chi connectivity index (χ1) is 8.49. The molecule has 102 valence electrons. The monoisotopic (exact) mass is 267 g/mol. The molecule has 2 heterocycles. The lowest BCUT2D eigenvalue weighted by Gasteiger charge is -2.27. The lowest BCUT2D eigenvalue weighted by molar-refractivity contribution is 0.227. The Bertz CT molecular complexity index is 381. The van der Waals surface area contributed by atoms with Crippen LogP contribution in [0.4, 0.5) is 5.13 Å². The molecule has 0 saturated carbocycles. The smallest absolute Gasteiger partial charge is 0.182 e. The molecule has 1 atom stereocenters. The molecule has 0 aliphatic carbocycles. The molecule has 2 rings (SSSR count). The Hall–Kier alpha value is -0.610.